The second-order valence-corrected chi connectivity index (χ2v) is 5.71. The minimum absolute atomic E-state index is 0.0730. The predicted octanol–water partition coefficient (Wildman–Crippen LogP) is 5.97. The van der Waals surface area contributed by atoms with Crippen LogP contribution in [0.4, 0.5) is 8.78 Å². The number of methoxy groups -OCH3 is 2. The third-order valence-corrected chi connectivity index (χ3v) is 4.22. The molecule has 2 nitrogen and oxygen atoms in total. The van der Waals surface area contributed by atoms with E-state index in [1.165, 1.54) is 14.2 Å². The highest BCUT2D eigenvalue weighted by molar-refractivity contribution is 6.32. The summed E-state index contributed by atoms with van der Waals surface area (Å²) >= 11 is 6.16. The summed E-state index contributed by atoms with van der Waals surface area (Å²) in [6, 6.07) is 14.0. The standard InChI is InChI=1S/C20H15ClF2O2/c1-24-17-9-4-3-6-12(17)18-15(22)10-11-16(23)19(18)13-7-5-8-14(21)20(13)25-2/h3-11H,1-2H3. The molecular formula is C20H15ClF2O2. The molecule has 3 aromatic rings. The van der Waals surface area contributed by atoms with Gasteiger partial charge in [0.25, 0.3) is 0 Å². The Morgan fingerprint density at radius 1 is 0.720 bits per heavy atom. The lowest BCUT2D eigenvalue weighted by atomic mass is 9.92. The second kappa shape index (κ2) is 7.11. The molecule has 0 saturated carbocycles. The maximum Gasteiger partial charge on any atom is 0.145 e. The smallest absolute Gasteiger partial charge is 0.145 e. The zero-order chi connectivity index (χ0) is 18.0. The summed E-state index contributed by atoms with van der Waals surface area (Å²) in [6.45, 7) is 0. The molecule has 128 valence electrons. The van der Waals surface area contributed by atoms with E-state index < -0.39 is 11.6 Å². The summed E-state index contributed by atoms with van der Waals surface area (Å²) in [6.07, 6.45) is 0. The zero-order valence-corrected chi connectivity index (χ0v) is 14.4. The van der Waals surface area contributed by atoms with Crippen LogP contribution in [0.2, 0.25) is 5.02 Å². The first-order valence-corrected chi connectivity index (χ1v) is 7.90. The van der Waals surface area contributed by atoms with Crippen LogP contribution in [0.25, 0.3) is 22.3 Å². The first kappa shape index (κ1) is 17.2. The van der Waals surface area contributed by atoms with Gasteiger partial charge in [-0.05, 0) is 24.3 Å². The van der Waals surface area contributed by atoms with Gasteiger partial charge in [-0.1, -0.05) is 41.9 Å². The molecule has 0 saturated heterocycles. The van der Waals surface area contributed by atoms with Crippen molar-refractivity contribution >= 4 is 11.6 Å². The molecule has 0 radical (unpaired) electrons. The van der Waals surface area contributed by atoms with E-state index in [9.17, 15) is 8.78 Å². The third-order valence-electron chi connectivity index (χ3n) is 3.92. The van der Waals surface area contributed by atoms with Crippen LogP contribution in [0.15, 0.2) is 54.6 Å². The van der Waals surface area contributed by atoms with Crippen molar-refractivity contribution in [1.29, 1.82) is 0 Å². The first-order chi connectivity index (χ1) is 12.1. The van der Waals surface area contributed by atoms with Crippen LogP contribution >= 0.6 is 11.6 Å². The molecule has 3 aromatic carbocycles. The fourth-order valence-electron chi connectivity index (χ4n) is 2.84. The Morgan fingerprint density at radius 2 is 1.32 bits per heavy atom. The van der Waals surface area contributed by atoms with Gasteiger partial charge in [0.15, 0.2) is 0 Å². The SMILES string of the molecule is COc1ccccc1-c1c(F)ccc(F)c1-c1cccc(Cl)c1OC. The monoisotopic (exact) mass is 360 g/mol. The highest BCUT2D eigenvalue weighted by Gasteiger charge is 2.23. The number of ether oxygens (including phenoxy) is 2. The summed E-state index contributed by atoms with van der Waals surface area (Å²) in [7, 11) is 2.92. The lowest BCUT2D eigenvalue weighted by Crippen LogP contribution is -1.98. The van der Waals surface area contributed by atoms with Gasteiger partial charge in [0, 0.05) is 22.3 Å². The molecule has 0 aliphatic heterocycles. The van der Waals surface area contributed by atoms with Gasteiger partial charge in [0.05, 0.1) is 19.2 Å². The maximum absolute atomic E-state index is 14.8. The second-order valence-electron chi connectivity index (χ2n) is 5.30. The van der Waals surface area contributed by atoms with Crippen LogP contribution < -0.4 is 9.47 Å². The Labute approximate surface area is 149 Å². The van der Waals surface area contributed by atoms with Gasteiger partial charge in [-0.25, -0.2) is 8.78 Å². The molecule has 5 heteroatoms. The van der Waals surface area contributed by atoms with Gasteiger partial charge in [0.2, 0.25) is 0 Å². The van der Waals surface area contributed by atoms with Crippen LogP contribution in [0, 0.1) is 11.6 Å². The quantitative estimate of drug-likeness (QED) is 0.570. The Bertz CT molecular complexity index is 926. The molecule has 0 unspecified atom stereocenters. The van der Waals surface area contributed by atoms with Gasteiger partial charge in [-0.2, -0.15) is 0 Å². The molecule has 0 N–H and O–H groups in total. The largest absolute Gasteiger partial charge is 0.496 e. The Balaban J connectivity index is 2.40. The van der Waals surface area contributed by atoms with E-state index in [2.05, 4.69) is 0 Å². The van der Waals surface area contributed by atoms with Crippen molar-refractivity contribution in [2.24, 2.45) is 0 Å². The molecule has 3 rings (SSSR count). The zero-order valence-electron chi connectivity index (χ0n) is 13.6. The van der Waals surface area contributed by atoms with Gasteiger partial charge in [-0.3, -0.25) is 0 Å². The number of benzene rings is 3. The molecule has 0 bridgehead atoms. The molecular weight excluding hydrogens is 346 g/mol. The fourth-order valence-corrected chi connectivity index (χ4v) is 3.09. The van der Waals surface area contributed by atoms with Gasteiger partial charge in [0.1, 0.15) is 23.1 Å². The van der Waals surface area contributed by atoms with Crippen LogP contribution in [0.1, 0.15) is 0 Å². The normalized spacial score (nSPS) is 10.6. The fraction of sp³-hybridized carbons (Fsp3) is 0.100. The van der Waals surface area contributed by atoms with Crippen LogP contribution in [0.5, 0.6) is 11.5 Å². The molecule has 0 spiro atoms. The van der Waals surface area contributed by atoms with E-state index in [0.29, 0.717) is 21.9 Å². The van der Waals surface area contributed by atoms with E-state index in [1.54, 1.807) is 42.5 Å². The van der Waals surface area contributed by atoms with E-state index in [-0.39, 0.29) is 16.9 Å². The Kier molecular flexibility index (Phi) is 4.91. The van der Waals surface area contributed by atoms with Crippen LogP contribution in [0.3, 0.4) is 0 Å². The molecule has 0 heterocycles. The summed E-state index contributed by atoms with van der Waals surface area (Å²) in [4.78, 5) is 0. The van der Waals surface area contributed by atoms with Crippen LogP contribution in [-0.2, 0) is 0 Å². The number of hydrogen-bond donors (Lipinski definition) is 0. The Hall–Kier alpha value is -2.59. The first-order valence-electron chi connectivity index (χ1n) is 7.52. The van der Waals surface area contributed by atoms with E-state index in [1.807, 2.05) is 0 Å². The molecule has 0 aromatic heterocycles. The predicted molar refractivity (Wildman–Crippen MR) is 95.3 cm³/mol. The average Bonchev–Trinajstić information content (AvgIpc) is 2.63. The summed E-state index contributed by atoms with van der Waals surface area (Å²) < 4.78 is 40.2. The van der Waals surface area contributed by atoms with Crippen molar-refractivity contribution in [3.63, 3.8) is 0 Å². The molecule has 0 aliphatic carbocycles. The number of para-hydroxylation sites is 2. The van der Waals surface area contributed by atoms with E-state index in [0.717, 1.165) is 12.1 Å². The topological polar surface area (TPSA) is 18.5 Å². The minimum atomic E-state index is -0.581. The van der Waals surface area contributed by atoms with Crippen molar-refractivity contribution in [3.8, 4) is 33.8 Å². The number of halogens is 3. The Morgan fingerprint density at radius 3 is 1.96 bits per heavy atom. The molecule has 0 atom stereocenters. The summed E-state index contributed by atoms with van der Waals surface area (Å²) in [5.74, 6) is -0.426. The van der Waals surface area contributed by atoms with Crippen molar-refractivity contribution in [1.82, 2.24) is 0 Å². The summed E-state index contributed by atoms with van der Waals surface area (Å²) in [5, 5.41) is 0.314. The maximum atomic E-state index is 14.8. The van der Waals surface area contributed by atoms with Crippen molar-refractivity contribution in [3.05, 3.63) is 71.3 Å². The summed E-state index contributed by atoms with van der Waals surface area (Å²) in [5.41, 5.74) is 0.980. The van der Waals surface area contributed by atoms with Crippen molar-refractivity contribution in [2.75, 3.05) is 14.2 Å². The number of hydrogen-bond acceptors (Lipinski definition) is 2. The highest BCUT2D eigenvalue weighted by atomic mass is 35.5. The lowest BCUT2D eigenvalue weighted by Gasteiger charge is -2.17. The van der Waals surface area contributed by atoms with E-state index >= 15 is 0 Å². The third kappa shape index (κ3) is 3.05. The van der Waals surface area contributed by atoms with E-state index in [4.69, 9.17) is 21.1 Å². The molecule has 0 amide bonds. The highest BCUT2D eigenvalue weighted by Crippen LogP contribution is 2.45. The molecule has 0 fully saturated rings. The van der Waals surface area contributed by atoms with Gasteiger partial charge >= 0.3 is 0 Å². The molecule has 25 heavy (non-hydrogen) atoms. The average molecular weight is 361 g/mol. The minimum Gasteiger partial charge on any atom is -0.496 e. The number of rotatable bonds is 4. The lowest BCUT2D eigenvalue weighted by molar-refractivity contribution is 0.415. The van der Waals surface area contributed by atoms with Gasteiger partial charge < -0.3 is 9.47 Å². The van der Waals surface area contributed by atoms with Crippen LogP contribution in [-0.4, -0.2) is 14.2 Å². The van der Waals surface area contributed by atoms with Crippen molar-refractivity contribution < 1.29 is 18.3 Å². The van der Waals surface area contributed by atoms with Gasteiger partial charge in [-0.15, -0.1) is 0 Å². The van der Waals surface area contributed by atoms with Crippen molar-refractivity contribution in [2.45, 2.75) is 0 Å². The molecule has 0 aliphatic rings.